The lowest BCUT2D eigenvalue weighted by atomic mass is 10.2. The van der Waals surface area contributed by atoms with Crippen LogP contribution in [0.5, 0.6) is 0 Å². The van der Waals surface area contributed by atoms with Gasteiger partial charge in [0.1, 0.15) is 15.4 Å². The molecule has 1 rings (SSSR count). The fourth-order valence-electron chi connectivity index (χ4n) is 1.25. The molecule has 0 aliphatic rings. The lowest BCUT2D eigenvalue weighted by molar-refractivity contribution is -0.776. The van der Waals surface area contributed by atoms with E-state index < -0.39 is 29.5 Å². The third-order valence-electron chi connectivity index (χ3n) is 1.98. The molecule has 0 unspecified atom stereocenters. The molecule has 0 radical (unpaired) electrons. The average molecular weight is 281 g/mol. The molecule has 0 saturated heterocycles. The summed E-state index contributed by atoms with van der Waals surface area (Å²) in [6.07, 6.45) is 0. The van der Waals surface area contributed by atoms with E-state index in [0.717, 1.165) is 12.1 Å². The Labute approximate surface area is 99.5 Å². The lowest BCUT2D eigenvalue weighted by Gasteiger charge is -2.13. The van der Waals surface area contributed by atoms with Crippen LogP contribution < -0.4 is 0 Å². The Hall–Kier alpha value is -1.74. The zero-order valence-electron chi connectivity index (χ0n) is 8.02. The van der Waals surface area contributed by atoms with Crippen LogP contribution in [-0.2, 0) is 14.0 Å². The van der Waals surface area contributed by atoms with Crippen molar-refractivity contribution in [1.82, 2.24) is 0 Å². The van der Waals surface area contributed by atoms with Gasteiger partial charge in [-0.15, -0.1) is 0 Å². The molecule has 0 bridgehead atoms. The standard InChI is InChI=1S/C7H5ClN2O6S/c8-17(15,16)7(9(11)12,10(13)14)6-4-2-1-3-5-6/h1-5H. The summed E-state index contributed by atoms with van der Waals surface area (Å²) in [4.78, 5) is 15.0. The first-order valence-electron chi connectivity index (χ1n) is 4.03. The lowest BCUT2D eigenvalue weighted by Crippen LogP contribution is -2.48. The molecule has 0 N–H and O–H groups in total. The van der Waals surface area contributed by atoms with Crippen LogP contribution in [0.15, 0.2) is 30.3 Å². The summed E-state index contributed by atoms with van der Waals surface area (Å²) < 4.78 is 22.4. The molecule has 0 saturated carbocycles. The molecule has 1 aromatic rings. The van der Waals surface area contributed by atoms with Crippen molar-refractivity contribution in [2.45, 2.75) is 4.99 Å². The van der Waals surface area contributed by atoms with Crippen molar-refractivity contribution in [3.8, 4) is 0 Å². The molecule has 92 valence electrons. The van der Waals surface area contributed by atoms with Crippen LogP contribution in [0.4, 0.5) is 0 Å². The number of benzene rings is 1. The maximum Gasteiger partial charge on any atom is 0.596 e. The molecule has 0 spiro atoms. The monoisotopic (exact) mass is 280 g/mol. The van der Waals surface area contributed by atoms with Gasteiger partial charge in [-0.2, -0.15) is 8.42 Å². The maximum atomic E-state index is 11.2. The molecule has 0 fully saturated rings. The second-order valence-corrected chi connectivity index (χ2v) is 5.59. The zero-order chi connectivity index (χ0) is 13.3. The number of rotatable bonds is 4. The van der Waals surface area contributed by atoms with Crippen LogP contribution in [0, 0.1) is 20.2 Å². The highest BCUT2D eigenvalue weighted by molar-refractivity contribution is 8.14. The van der Waals surface area contributed by atoms with Gasteiger partial charge in [0.2, 0.25) is 0 Å². The summed E-state index contributed by atoms with van der Waals surface area (Å²) in [5, 5.41) is 21.6. The van der Waals surface area contributed by atoms with Crippen molar-refractivity contribution in [2.24, 2.45) is 0 Å². The molecule has 0 heterocycles. The van der Waals surface area contributed by atoms with Crippen molar-refractivity contribution >= 4 is 19.7 Å². The minimum absolute atomic E-state index is 0.634. The van der Waals surface area contributed by atoms with E-state index in [1.54, 1.807) is 0 Å². The van der Waals surface area contributed by atoms with Crippen molar-refractivity contribution < 1.29 is 18.3 Å². The second kappa shape index (κ2) is 4.26. The normalized spacial score (nSPS) is 12.1. The maximum absolute atomic E-state index is 11.2. The number of hydrogen-bond acceptors (Lipinski definition) is 6. The fourth-order valence-corrected chi connectivity index (χ4v) is 2.63. The van der Waals surface area contributed by atoms with Gasteiger partial charge in [0.15, 0.2) is 0 Å². The molecule has 0 aromatic heterocycles. The minimum Gasteiger partial charge on any atom is -0.257 e. The first-order chi connectivity index (χ1) is 7.74. The van der Waals surface area contributed by atoms with Gasteiger partial charge in [-0.05, 0) is 12.1 Å². The van der Waals surface area contributed by atoms with E-state index in [4.69, 9.17) is 10.7 Å². The molecule has 10 heteroatoms. The van der Waals surface area contributed by atoms with Gasteiger partial charge >= 0.3 is 14.0 Å². The van der Waals surface area contributed by atoms with Gasteiger partial charge in [0.05, 0.1) is 0 Å². The fraction of sp³-hybridized carbons (Fsp3) is 0.143. The molecule has 0 atom stereocenters. The van der Waals surface area contributed by atoms with E-state index in [1.165, 1.54) is 18.2 Å². The number of halogens is 1. The molecule has 0 aliphatic heterocycles. The van der Waals surface area contributed by atoms with Gasteiger partial charge in [-0.25, -0.2) is 0 Å². The highest BCUT2D eigenvalue weighted by Gasteiger charge is 2.70. The van der Waals surface area contributed by atoms with Gasteiger partial charge in [0, 0.05) is 10.7 Å². The highest BCUT2D eigenvalue weighted by Crippen LogP contribution is 2.34. The second-order valence-electron chi connectivity index (χ2n) is 2.93. The van der Waals surface area contributed by atoms with Gasteiger partial charge in [-0.1, -0.05) is 18.2 Å². The third-order valence-corrected chi connectivity index (χ3v) is 3.84. The topological polar surface area (TPSA) is 120 Å². The Kier molecular flexibility index (Phi) is 3.34. The van der Waals surface area contributed by atoms with Crippen LogP contribution >= 0.6 is 10.7 Å². The summed E-state index contributed by atoms with van der Waals surface area (Å²) in [5.41, 5.74) is -0.634. The van der Waals surface area contributed by atoms with Gasteiger partial charge < -0.3 is 0 Å². The van der Waals surface area contributed by atoms with E-state index in [0.29, 0.717) is 0 Å². The van der Waals surface area contributed by atoms with E-state index in [9.17, 15) is 28.6 Å². The van der Waals surface area contributed by atoms with Gasteiger partial charge in [-0.3, -0.25) is 20.2 Å². The quantitative estimate of drug-likeness (QED) is 0.350. The number of hydrogen-bond donors (Lipinski definition) is 0. The average Bonchev–Trinajstić information content (AvgIpc) is 2.16. The molecule has 0 aliphatic carbocycles. The molecular formula is C7H5ClN2O6S. The van der Waals surface area contributed by atoms with Crippen molar-refractivity contribution in [3.05, 3.63) is 56.1 Å². The van der Waals surface area contributed by atoms with E-state index in [-0.39, 0.29) is 0 Å². The smallest absolute Gasteiger partial charge is 0.257 e. The highest BCUT2D eigenvalue weighted by atomic mass is 35.7. The predicted molar refractivity (Wildman–Crippen MR) is 56.9 cm³/mol. The molecule has 17 heavy (non-hydrogen) atoms. The van der Waals surface area contributed by atoms with Crippen LogP contribution in [-0.4, -0.2) is 18.3 Å². The minimum atomic E-state index is -5.10. The summed E-state index contributed by atoms with van der Waals surface area (Å²) in [6, 6.07) is 5.80. The Morgan fingerprint density at radius 2 is 1.47 bits per heavy atom. The van der Waals surface area contributed by atoms with Gasteiger partial charge in [0.25, 0.3) is 0 Å². The largest absolute Gasteiger partial charge is 0.596 e. The van der Waals surface area contributed by atoms with Crippen molar-refractivity contribution in [1.29, 1.82) is 0 Å². The van der Waals surface area contributed by atoms with Crippen molar-refractivity contribution in [2.75, 3.05) is 0 Å². The van der Waals surface area contributed by atoms with Crippen molar-refractivity contribution in [3.63, 3.8) is 0 Å². The molecule has 8 nitrogen and oxygen atoms in total. The molecule has 0 amide bonds. The van der Waals surface area contributed by atoms with E-state index in [1.807, 2.05) is 0 Å². The van der Waals surface area contributed by atoms with E-state index in [2.05, 4.69) is 0 Å². The van der Waals surface area contributed by atoms with Crippen LogP contribution in [0.3, 0.4) is 0 Å². The van der Waals surface area contributed by atoms with Crippen LogP contribution in [0.1, 0.15) is 5.56 Å². The predicted octanol–water partition coefficient (Wildman–Crippen LogP) is 0.919. The van der Waals surface area contributed by atoms with Crippen LogP contribution in [0.25, 0.3) is 0 Å². The first kappa shape index (κ1) is 13.3. The van der Waals surface area contributed by atoms with Crippen LogP contribution in [0.2, 0.25) is 0 Å². The summed E-state index contributed by atoms with van der Waals surface area (Å²) in [7, 11) is -0.235. The SMILES string of the molecule is O=[N+]([O-])C(c1ccccc1)([N+](=O)[O-])S(=O)(=O)Cl. The summed E-state index contributed by atoms with van der Waals surface area (Å²) in [6.45, 7) is 0. The number of nitrogens with zero attached hydrogens (tertiary/aromatic N) is 2. The number of nitro groups is 2. The molecule has 1 aromatic carbocycles. The zero-order valence-corrected chi connectivity index (χ0v) is 9.59. The Morgan fingerprint density at radius 3 is 1.76 bits per heavy atom. The first-order valence-corrected chi connectivity index (χ1v) is 6.34. The Balaban J connectivity index is 3.72. The Morgan fingerprint density at radius 1 is 1.06 bits per heavy atom. The molecular weight excluding hydrogens is 276 g/mol. The summed E-state index contributed by atoms with van der Waals surface area (Å²) in [5.74, 6) is 0. The summed E-state index contributed by atoms with van der Waals surface area (Å²) >= 11 is 0. The van der Waals surface area contributed by atoms with E-state index >= 15 is 0 Å². The third kappa shape index (κ3) is 1.94. The Bertz CT molecular complexity index is 543.